The Morgan fingerprint density at radius 3 is 2.69 bits per heavy atom. The lowest BCUT2D eigenvalue weighted by Crippen LogP contribution is -2.36. The number of fused-ring (bicyclic) bond motifs is 2. The number of aromatic nitrogens is 1. The van der Waals surface area contributed by atoms with E-state index in [-0.39, 0.29) is 31.0 Å². The highest BCUT2D eigenvalue weighted by atomic mass is 32.2. The van der Waals surface area contributed by atoms with Gasteiger partial charge in [-0.2, -0.15) is 0 Å². The first-order valence-electron chi connectivity index (χ1n) is 15.8. The third-order valence-electron chi connectivity index (χ3n) is 8.65. The van der Waals surface area contributed by atoms with Gasteiger partial charge >= 0.3 is 0 Å². The predicted octanol–water partition coefficient (Wildman–Crippen LogP) is 6.04. The Labute approximate surface area is 268 Å². The number of amides is 1. The number of carbonyl (C=O) groups excluding carboxylic acids is 1. The Hall–Kier alpha value is -3.71. The summed E-state index contributed by atoms with van der Waals surface area (Å²) >= 11 is 0. The van der Waals surface area contributed by atoms with Crippen LogP contribution >= 0.6 is 0 Å². The summed E-state index contributed by atoms with van der Waals surface area (Å²) < 4.78 is 26.1. The van der Waals surface area contributed by atoms with Gasteiger partial charge in [0.1, 0.15) is 16.7 Å². The third-order valence-corrected chi connectivity index (χ3v) is 10.5. The van der Waals surface area contributed by atoms with Crippen LogP contribution in [0.3, 0.4) is 0 Å². The summed E-state index contributed by atoms with van der Waals surface area (Å²) in [5, 5.41) is 13.1. The molecule has 1 fully saturated rings. The number of hydrogen-bond acceptors (Lipinski definition) is 6. The number of aliphatic hydroxyl groups is 1. The number of aliphatic hydroxyl groups excluding tert-OH is 1. The van der Waals surface area contributed by atoms with Gasteiger partial charge in [-0.1, -0.05) is 42.9 Å². The van der Waals surface area contributed by atoms with Gasteiger partial charge in [0, 0.05) is 42.8 Å². The zero-order valence-corrected chi connectivity index (χ0v) is 27.0. The molecule has 45 heavy (non-hydrogen) atoms. The van der Waals surface area contributed by atoms with Crippen molar-refractivity contribution in [2.45, 2.75) is 83.2 Å². The van der Waals surface area contributed by atoms with Crippen molar-refractivity contribution in [1.29, 1.82) is 0 Å². The van der Waals surface area contributed by atoms with Crippen LogP contribution in [-0.2, 0) is 24.1 Å². The number of rotatable bonds is 8. The molecule has 1 aromatic heterocycles. The van der Waals surface area contributed by atoms with E-state index in [1.54, 1.807) is 0 Å². The molecule has 0 unspecified atom stereocenters. The molecule has 1 aliphatic carbocycles. The number of benzene rings is 2. The molecule has 0 spiro atoms. The molecular formula is C36H41N3O5S. The zero-order valence-electron chi connectivity index (χ0n) is 26.2. The van der Waals surface area contributed by atoms with Crippen LogP contribution in [-0.4, -0.2) is 42.7 Å². The number of nitrogens with one attached hydrogen (secondary N) is 1. The summed E-state index contributed by atoms with van der Waals surface area (Å²) in [6.07, 6.45) is 6.42. The topological polar surface area (TPSA) is 101 Å². The van der Waals surface area contributed by atoms with Crippen LogP contribution in [0.1, 0.15) is 98.1 Å². The van der Waals surface area contributed by atoms with E-state index in [1.165, 1.54) is 25.7 Å². The Bertz CT molecular complexity index is 1670. The molecule has 2 aliphatic heterocycles. The Morgan fingerprint density at radius 2 is 1.91 bits per heavy atom. The molecule has 2 N–H and O–H groups in total. The fourth-order valence-corrected chi connectivity index (χ4v) is 7.79. The molecule has 8 nitrogen and oxygen atoms in total. The van der Waals surface area contributed by atoms with Crippen molar-refractivity contribution in [2.24, 2.45) is 5.92 Å². The maximum Gasteiger partial charge on any atom is 0.270 e. The number of pyridine rings is 1. The summed E-state index contributed by atoms with van der Waals surface area (Å²) in [4.78, 5) is 18.5. The summed E-state index contributed by atoms with van der Waals surface area (Å²) in [6, 6.07) is 15.1. The predicted molar refractivity (Wildman–Crippen MR) is 175 cm³/mol. The molecule has 0 saturated heterocycles. The van der Waals surface area contributed by atoms with Crippen molar-refractivity contribution < 1.29 is 23.6 Å². The van der Waals surface area contributed by atoms with Crippen molar-refractivity contribution in [3.8, 4) is 34.6 Å². The Morgan fingerprint density at radius 1 is 1.11 bits per heavy atom. The zero-order chi connectivity index (χ0) is 31.6. The quantitative estimate of drug-likeness (QED) is 0.296. The highest BCUT2D eigenvalue weighted by Crippen LogP contribution is 2.44. The van der Waals surface area contributed by atoms with Crippen LogP contribution in [0.5, 0.6) is 11.5 Å². The molecule has 2 atom stereocenters. The number of hydrogen-bond donors (Lipinski definition) is 2. The molecule has 2 aromatic carbocycles. The minimum absolute atomic E-state index is 0.0636. The number of nitrogens with zero attached hydrogens (tertiary/aromatic N) is 2. The molecule has 3 heterocycles. The van der Waals surface area contributed by atoms with E-state index in [4.69, 9.17) is 14.5 Å². The van der Waals surface area contributed by atoms with E-state index in [1.807, 2.05) is 73.6 Å². The van der Waals surface area contributed by atoms with Gasteiger partial charge in [-0.05, 0) is 87.4 Å². The fourth-order valence-electron chi connectivity index (χ4n) is 6.39. The van der Waals surface area contributed by atoms with Gasteiger partial charge in [0.15, 0.2) is 11.5 Å². The average molecular weight is 628 g/mol. The lowest BCUT2D eigenvalue weighted by molar-refractivity contribution is 0.0945. The summed E-state index contributed by atoms with van der Waals surface area (Å²) in [5.41, 5.74) is 5.36. The summed E-state index contributed by atoms with van der Waals surface area (Å²) in [7, 11) is -1.34. The maximum atomic E-state index is 13.7. The number of ether oxygens (including phenoxy) is 2. The maximum absolute atomic E-state index is 13.7. The van der Waals surface area contributed by atoms with Crippen LogP contribution in [0, 0.1) is 17.8 Å². The van der Waals surface area contributed by atoms with Gasteiger partial charge in [0.25, 0.3) is 5.91 Å². The van der Waals surface area contributed by atoms with Crippen LogP contribution < -0.4 is 14.8 Å². The SMILES string of the molecule is CC(C)(C)[S@](=O)N1Cc2cc(C(=O)NCc3ccc4c(c3)OCO4)nc(-c3cccc(C#CCC4CCCC4)c3)c2[C@@H]1CCO. The fraction of sp³-hybridized carbons (Fsp3) is 0.444. The third kappa shape index (κ3) is 6.94. The van der Waals surface area contributed by atoms with Gasteiger partial charge in [-0.25, -0.2) is 13.5 Å². The van der Waals surface area contributed by atoms with Crippen LogP contribution in [0.4, 0.5) is 0 Å². The van der Waals surface area contributed by atoms with Crippen molar-refractivity contribution in [2.75, 3.05) is 13.4 Å². The highest BCUT2D eigenvalue weighted by molar-refractivity contribution is 7.84. The van der Waals surface area contributed by atoms with Crippen LogP contribution in [0.25, 0.3) is 11.3 Å². The van der Waals surface area contributed by atoms with E-state index >= 15 is 0 Å². The first kappa shape index (κ1) is 31.3. The summed E-state index contributed by atoms with van der Waals surface area (Å²) in [5.74, 6) is 8.47. The Kier molecular flexibility index (Phi) is 9.27. The number of carbonyl (C=O) groups is 1. The molecule has 0 bridgehead atoms. The molecular weight excluding hydrogens is 586 g/mol. The normalized spacial score (nSPS) is 18.4. The lowest BCUT2D eigenvalue weighted by atomic mass is 9.95. The van der Waals surface area contributed by atoms with Gasteiger partial charge in [-0.15, -0.1) is 0 Å². The highest BCUT2D eigenvalue weighted by Gasteiger charge is 2.40. The first-order valence-corrected chi connectivity index (χ1v) is 16.9. The lowest BCUT2D eigenvalue weighted by Gasteiger charge is -2.30. The second kappa shape index (κ2) is 13.3. The van der Waals surface area contributed by atoms with Gasteiger partial charge < -0.3 is 19.9 Å². The molecule has 6 rings (SSSR count). The van der Waals surface area contributed by atoms with Gasteiger partial charge in [0.05, 0.1) is 16.5 Å². The van der Waals surface area contributed by atoms with E-state index < -0.39 is 15.7 Å². The first-order chi connectivity index (χ1) is 21.7. The average Bonchev–Trinajstić information content (AvgIpc) is 3.79. The second-order valence-corrected chi connectivity index (χ2v) is 15.2. The van der Waals surface area contributed by atoms with Crippen molar-refractivity contribution >= 4 is 16.9 Å². The van der Waals surface area contributed by atoms with E-state index in [9.17, 15) is 14.1 Å². The van der Waals surface area contributed by atoms with Crippen molar-refractivity contribution in [3.05, 3.63) is 76.5 Å². The summed E-state index contributed by atoms with van der Waals surface area (Å²) in [6.45, 7) is 6.66. The molecule has 3 aromatic rings. The molecule has 3 aliphatic rings. The molecule has 236 valence electrons. The van der Waals surface area contributed by atoms with Gasteiger partial charge in [-0.3, -0.25) is 4.79 Å². The molecule has 1 saturated carbocycles. The van der Waals surface area contributed by atoms with Crippen LogP contribution in [0.15, 0.2) is 48.5 Å². The molecule has 9 heteroatoms. The van der Waals surface area contributed by atoms with Crippen LogP contribution in [0.2, 0.25) is 0 Å². The smallest absolute Gasteiger partial charge is 0.270 e. The largest absolute Gasteiger partial charge is 0.454 e. The van der Waals surface area contributed by atoms with Crippen molar-refractivity contribution in [1.82, 2.24) is 14.6 Å². The van der Waals surface area contributed by atoms with E-state index in [0.717, 1.165) is 34.2 Å². The monoisotopic (exact) mass is 627 g/mol. The van der Waals surface area contributed by atoms with Crippen molar-refractivity contribution in [3.63, 3.8) is 0 Å². The standard InChI is InChI=1S/C36H41N3O5S/c1-36(2,3)45(42)39-22-28-20-29(35(41)37-21-26-14-15-31-32(19-26)44-23-43-31)38-34(33(28)30(39)16-17-40)27-13-7-12-25(18-27)11-6-10-24-8-4-5-9-24/h7,12-15,18-20,24,30,40H,4-5,8-10,16-17,21-23H2,1-3H3,(H,37,41)/t30-,45-/m0/s1. The Balaban J connectivity index is 1.34. The minimum Gasteiger partial charge on any atom is -0.454 e. The second-order valence-electron chi connectivity index (χ2n) is 13.0. The van der Waals surface area contributed by atoms with Gasteiger partial charge in [0.2, 0.25) is 6.79 Å². The molecule has 1 amide bonds. The molecule has 0 radical (unpaired) electrons. The minimum atomic E-state index is -1.34. The van der Waals surface area contributed by atoms with E-state index in [2.05, 4.69) is 17.2 Å². The van der Waals surface area contributed by atoms with E-state index in [0.29, 0.717) is 42.6 Å².